The molecule has 0 aromatic heterocycles. The molecule has 2 unspecified atom stereocenters. The second-order valence-electron chi connectivity index (χ2n) is 3.63. The van der Waals surface area contributed by atoms with Gasteiger partial charge >= 0.3 is 12.1 Å². The lowest BCUT2D eigenvalue weighted by molar-refractivity contribution is -0.147. The van der Waals surface area contributed by atoms with Crippen LogP contribution in [0.1, 0.15) is 10.4 Å². The van der Waals surface area contributed by atoms with Gasteiger partial charge in [-0.25, -0.2) is 9.59 Å². The minimum absolute atomic E-state index is 0.171. The Bertz CT molecular complexity index is 472. The normalized spacial score (nSPS) is 13.2. The van der Waals surface area contributed by atoms with Crippen LogP contribution in [0, 0.1) is 0 Å². The fourth-order valence-electron chi connectivity index (χ4n) is 1.40. The summed E-state index contributed by atoms with van der Waals surface area (Å²) in [6, 6.07) is 6.11. The number of carbonyl (C=O) groups excluding carboxylic acids is 2. The van der Waals surface area contributed by atoms with Crippen LogP contribution in [0.15, 0.2) is 30.3 Å². The van der Waals surface area contributed by atoms with Gasteiger partial charge in [0.2, 0.25) is 0 Å². The lowest BCUT2D eigenvalue weighted by Crippen LogP contribution is -2.51. The van der Waals surface area contributed by atoms with Gasteiger partial charge in [0.05, 0.1) is 7.11 Å². The largest absolute Gasteiger partial charge is 0.479 e. The van der Waals surface area contributed by atoms with Crippen LogP contribution in [-0.4, -0.2) is 47.3 Å². The lowest BCUT2D eigenvalue weighted by atomic mass is 10.00. The number of benzene rings is 1. The van der Waals surface area contributed by atoms with Gasteiger partial charge in [0.15, 0.2) is 11.9 Å². The highest BCUT2D eigenvalue weighted by atomic mass is 16.5. The third-order valence-electron chi connectivity index (χ3n) is 2.37. The molecule has 1 aromatic rings. The fourth-order valence-corrected chi connectivity index (χ4v) is 1.40. The topological polar surface area (TPSA) is 113 Å². The molecule has 0 spiro atoms. The molecule has 0 bridgehead atoms. The van der Waals surface area contributed by atoms with Crippen LogP contribution in [0.4, 0.5) is 4.79 Å². The van der Waals surface area contributed by atoms with Crippen LogP contribution in [0.3, 0.4) is 0 Å². The maximum atomic E-state index is 12.0. The first-order valence-corrected chi connectivity index (χ1v) is 5.32. The summed E-state index contributed by atoms with van der Waals surface area (Å²) in [6.07, 6.45) is -3.07. The summed E-state index contributed by atoms with van der Waals surface area (Å²) < 4.78 is 4.29. The van der Waals surface area contributed by atoms with E-state index in [-0.39, 0.29) is 5.56 Å². The van der Waals surface area contributed by atoms with Crippen molar-refractivity contribution in [2.45, 2.75) is 12.1 Å². The Balaban J connectivity index is 2.99. The Morgan fingerprint density at radius 2 is 1.79 bits per heavy atom. The van der Waals surface area contributed by atoms with E-state index in [9.17, 15) is 19.5 Å². The van der Waals surface area contributed by atoms with Crippen LogP contribution >= 0.6 is 0 Å². The number of aliphatic hydroxyl groups excluding tert-OH is 1. The molecule has 0 aliphatic rings. The predicted molar refractivity (Wildman–Crippen MR) is 63.7 cm³/mol. The second-order valence-corrected chi connectivity index (χ2v) is 3.63. The molecule has 0 radical (unpaired) electrons. The SMILES string of the molecule is COC(=O)NC(C(=O)c1ccccc1)C(O)C(=O)O. The highest BCUT2D eigenvalue weighted by Crippen LogP contribution is 2.07. The lowest BCUT2D eigenvalue weighted by Gasteiger charge is -2.19. The van der Waals surface area contributed by atoms with Crippen molar-refractivity contribution in [3.05, 3.63) is 35.9 Å². The van der Waals surface area contributed by atoms with E-state index in [2.05, 4.69) is 4.74 Å². The Morgan fingerprint density at radius 3 is 2.26 bits per heavy atom. The summed E-state index contributed by atoms with van der Waals surface area (Å²) in [7, 11) is 1.06. The van der Waals surface area contributed by atoms with Crippen molar-refractivity contribution < 1.29 is 29.3 Å². The number of aliphatic carboxylic acids is 1. The van der Waals surface area contributed by atoms with Crippen molar-refractivity contribution in [3.63, 3.8) is 0 Å². The zero-order valence-electron chi connectivity index (χ0n) is 10.1. The Morgan fingerprint density at radius 1 is 1.21 bits per heavy atom. The third-order valence-corrected chi connectivity index (χ3v) is 2.37. The smallest absolute Gasteiger partial charge is 0.407 e. The maximum absolute atomic E-state index is 12.0. The molecule has 7 nitrogen and oxygen atoms in total. The van der Waals surface area contributed by atoms with Crippen LogP contribution < -0.4 is 5.32 Å². The van der Waals surface area contributed by atoms with Crippen molar-refractivity contribution in [2.24, 2.45) is 0 Å². The van der Waals surface area contributed by atoms with Gasteiger partial charge in [0.25, 0.3) is 0 Å². The van der Waals surface area contributed by atoms with Crippen molar-refractivity contribution in [1.82, 2.24) is 5.32 Å². The van der Waals surface area contributed by atoms with Crippen LogP contribution in [-0.2, 0) is 9.53 Å². The van der Waals surface area contributed by atoms with Gasteiger partial charge in [-0.15, -0.1) is 0 Å². The molecule has 1 amide bonds. The number of hydrogen-bond acceptors (Lipinski definition) is 5. The molecule has 0 aliphatic heterocycles. The first-order chi connectivity index (χ1) is 8.97. The van der Waals surface area contributed by atoms with Gasteiger partial charge in [-0.05, 0) is 0 Å². The van der Waals surface area contributed by atoms with E-state index in [1.54, 1.807) is 18.2 Å². The van der Waals surface area contributed by atoms with Crippen LogP contribution in [0.25, 0.3) is 0 Å². The van der Waals surface area contributed by atoms with E-state index in [1.807, 2.05) is 5.32 Å². The molecule has 2 atom stereocenters. The molecule has 7 heteroatoms. The number of ether oxygens (including phenoxy) is 1. The minimum atomic E-state index is -2.06. The van der Waals surface area contributed by atoms with Gasteiger partial charge in [-0.1, -0.05) is 30.3 Å². The summed E-state index contributed by atoms with van der Waals surface area (Å²) in [6.45, 7) is 0. The molecule has 0 heterocycles. The number of hydrogen-bond donors (Lipinski definition) is 3. The maximum Gasteiger partial charge on any atom is 0.407 e. The molecule has 3 N–H and O–H groups in total. The van der Waals surface area contributed by atoms with Crippen molar-refractivity contribution >= 4 is 17.8 Å². The molecule has 102 valence electrons. The third kappa shape index (κ3) is 3.78. The van der Waals surface area contributed by atoms with E-state index >= 15 is 0 Å². The highest BCUT2D eigenvalue weighted by molar-refractivity contribution is 6.04. The zero-order valence-corrected chi connectivity index (χ0v) is 10.1. The molecule has 0 aliphatic carbocycles. The van der Waals surface area contributed by atoms with Crippen molar-refractivity contribution in [1.29, 1.82) is 0 Å². The monoisotopic (exact) mass is 267 g/mol. The van der Waals surface area contributed by atoms with Gasteiger partial charge in [-0.2, -0.15) is 0 Å². The number of carboxylic acids is 1. The number of alkyl carbamates (subject to hydrolysis) is 1. The van der Waals surface area contributed by atoms with E-state index in [0.717, 1.165) is 7.11 Å². The molecule has 0 fully saturated rings. The Hall–Kier alpha value is -2.41. The summed E-state index contributed by atoms with van der Waals surface area (Å²) >= 11 is 0. The van der Waals surface area contributed by atoms with E-state index < -0.39 is 30.0 Å². The van der Waals surface area contributed by atoms with Gasteiger partial charge in [-0.3, -0.25) is 4.79 Å². The summed E-state index contributed by atoms with van der Waals surface area (Å²) in [5.74, 6) is -2.34. The molecule has 0 saturated carbocycles. The molecule has 1 aromatic carbocycles. The number of carboxylic acid groups (broad SMARTS) is 1. The molecule has 0 saturated heterocycles. The average Bonchev–Trinajstić information content (AvgIpc) is 2.43. The first kappa shape index (κ1) is 14.7. The predicted octanol–water partition coefficient (Wildman–Crippen LogP) is 0.0394. The number of amides is 1. The first-order valence-electron chi connectivity index (χ1n) is 5.32. The number of Topliss-reactive ketones (excluding diaryl/α,β-unsaturated/α-hetero) is 1. The van der Waals surface area contributed by atoms with Crippen molar-refractivity contribution in [3.8, 4) is 0 Å². The Labute approximate surface area is 108 Å². The van der Waals surface area contributed by atoms with Gasteiger partial charge in [0.1, 0.15) is 6.04 Å². The fraction of sp³-hybridized carbons (Fsp3) is 0.250. The highest BCUT2D eigenvalue weighted by Gasteiger charge is 2.34. The number of nitrogens with one attached hydrogen (secondary N) is 1. The number of ketones is 1. The Kier molecular flexibility index (Phi) is 5.01. The standard InChI is InChI=1S/C12H13NO6/c1-19-12(18)13-8(10(15)11(16)17)9(14)7-5-3-2-4-6-7/h2-6,8,10,15H,1H3,(H,13,18)(H,16,17). The summed E-state index contributed by atoms with van der Waals surface area (Å²) in [5, 5.41) is 20.2. The number of carbonyl (C=O) groups is 3. The summed E-state index contributed by atoms with van der Waals surface area (Å²) in [4.78, 5) is 33.9. The quantitative estimate of drug-likeness (QED) is 0.649. The molecular weight excluding hydrogens is 254 g/mol. The minimum Gasteiger partial charge on any atom is -0.479 e. The molecular formula is C12H13NO6. The van der Waals surface area contributed by atoms with E-state index in [1.165, 1.54) is 12.1 Å². The van der Waals surface area contributed by atoms with Gasteiger partial charge in [0, 0.05) is 5.56 Å². The number of aliphatic hydroxyl groups is 1. The zero-order chi connectivity index (χ0) is 14.4. The number of rotatable bonds is 5. The van der Waals surface area contributed by atoms with Crippen LogP contribution in [0.2, 0.25) is 0 Å². The van der Waals surface area contributed by atoms with Crippen molar-refractivity contribution in [2.75, 3.05) is 7.11 Å². The van der Waals surface area contributed by atoms with Crippen LogP contribution in [0.5, 0.6) is 0 Å². The summed E-state index contributed by atoms with van der Waals surface area (Å²) in [5.41, 5.74) is 0.171. The van der Waals surface area contributed by atoms with Gasteiger partial charge < -0.3 is 20.3 Å². The number of methoxy groups -OCH3 is 1. The average molecular weight is 267 g/mol. The van der Waals surface area contributed by atoms with E-state index in [4.69, 9.17) is 5.11 Å². The molecule has 19 heavy (non-hydrogen) atoms. The van der Waals surface area contributed by atoms with E-state index in [0.29, 0.717) is 0 Å². The second kappa shape index (κ2) is 6.50. The molecule has 1 rings (SSSR count).